The molecule has 2 aliphatic carbocycles. The van der Waals surface area contributed by atoms with Crippen LogP contribution in [0.15, 0.2) is 81.7 Å². The van der Waals surface area contributed by atoms with Gasteiger partial charge in [-0.15, -0.1) is 0 Å². The molecular formula is C47H53Br3I2N2O2. The van der Waals surface area contributed by atoms with E-state index in [9.17, 15) is 0 Å². The van der Waals surface area contributed by atoms with Gasteiger partial charge in [-0.25, -0.2) is 0 Å². The molecule has 0 unspecified atom stereocenters. The number of aromatic amines is 1. The third-order valence-electron chi connectivity index (χ3n) is 11.1. The fourth-order valence-electron chi connectivity index (χ4n) is 8.57. The third-order valence-corrected chi connectivity index (χ3v) is 14.0. The van der Waals surface area contributed by atoms with E-state index in [1.54, 1.807) is 18.2 Å². The normalized spacial score (nSPS) is 13.2. The summed E-state index contributed by atoms with van der Waals surface area (Å²) >= 11 is 15.5. The second-order valence-electron chi connectivity index (χ2n) is 14.9. The summed E-state index contributed by atoms with van der Waals surface area (Å²) in [5.74, 6) is 0. The van der Waals surface area contributed by atoms with Crippen molar-refractivity contribution in [1.82, 2.24) is 9.55 Å². The first-order valence-corrected chi connectivity index (χ1v) is 24.9. The SMILES string of the molecule is Brc1ccc2c(c1)Cc1c-2[nH]c2cc(I)ccc12.CCCCn1c2c(c3ccc(I)cc31)C(CCCC)(CCCC)c1cc(Br)ccc1-2.COCOCCCBr. The molecular weight excluding hydrogens is 1120 g/mol. The van der Waals surface area contributed by atoms with Gasteiger partial charge in [0.1, 0.15) is 6.79 Å². The highest BCUT2D eigenvalue weighted by atomic mass is 127. The lowest BCUT2D eigenvalue weighted by Crippen LogP contribution is -2.25. The summed E-state index contributed by atoms with van der Waals surface area (Å²) in [6.07, 6.45) is 12.1. The Balaban J connectivity index is 0.000000171. The quantitative estimate of drug-likeness (QED) is 0.0510. The summed E-state index contributed by atoms with van der Waals surface area (Å²) in [7, 11) is 1.62. The predicted octanol–water partition coefficient (Wildman–Crippen LogP) is 16.0. The minimum absolute atomic E-state index is 0.142. The Morgan fingerprint density at radius 2 is 1.43 bits per heavy atom. The van der Waals surface area contributed by atoms with Gasteiger partial charge in [0.15, 0.2) is 0 Å². The number of nitrogens with zero attached hydrogens (tertiary/aromatic N) is 1. The summed E-state index contributed by atoms with van der Waals surface area (Å²) in [4.78, 5) is 3.57. The molecule has 2 heterocycles. The number of unbranched alkanes of at least 4 members (excludes halogenated alkanes) is 3. The smallest absolute Gasteiger partial charge is 0.146 e. The molecule has 298 valence electrons. The maximum absolute atomic E-state index is 4.97. The molecule has 4 nitrogen and oxygen atoms in total. The van der Waals surface area contributed by atoms with Gasteiger partial charge in [-0.1, -0.05) is 125 Å². The number of nitrogens with one attached hydrogen (secondary N) is 1. The first-order valence-electron chi connectivity index (χ1n) is 20.0. The number of benzene rings is 4. The Hall–Kier alpha value is -1.22. The standard InChI is InChI=1S/C27H33BrIN.C15H9BrIN.C5H11BrO2/c1-4-7-14-27(15-8-5-2)23-17-19(28)10-12-21(23)26-25(27)22-13-11-20(29)18-24(22)30(26)16-9-6-3;16-9-1-3-11-8(5-9)6-13-12-4-2-10(17)7-14(12)18-15(11)13;1-7-5-8-4-2-3-6/h10-13,17-18H,4-9,14-16H2,1-3H3;1-5,7,18H,6H2;2-5H2,1H3. The summed E-state index contributed by atoms with van der Waals surface area (Å²) in [6, 6.07) is 27.3. The summed E-state index contributed by atoms with van der Waals surface area (Å²) in [6.45, 7) is 9.26. The molecule has 2 aromatic heterocycles. The van der Waals surface area contributed by atoms with Crippen LogP contribution in [0.3, 0.4) is 0 Å². The monoisotopic (exact) mass is 1170 g/mol. The van der Waals surface area contributed by atoms with Crippen molar-refractivity contribution in [2.24, 2.45) is 0 Å². The number of aromatic nitrogens is 2. The highest BCUT2D eigenvalue weighted by Gasteiger charge is 2.45. The van der Waals surface area contributed by atoms with Gasteiger partial charge < -0.3 is 19.0 Å². The summed E-state index contributed by atoms with van der Waals surface area (Å²) < 4.78 is 17.3. The number of aryl methyl sites for hydroxylation is 1. The van der Waals surface area contributed by atoms with Gasteiger partial charge in [-0.2, -0.15) is 0 Å². The van der Waals surface area contributed by atoms with E-state index in [0.29, 0.717) is 6.79 Å². The average Bonchev–Trinajstić information content (AvgIpc) is 3.89. The molecule has 0 fully saturated rings. The van der Waals surface area contributed by atoms with Crippen LogP contribution in [-0.2, 0) is 27.9 Å². The van der Waals surface area contributed by atoms with Crippen molar-refractivity contribution in [2.75, 3.05) is 25.8 Å². The van der Waals surface area contributed by atoms with E-state index in [0.717, 1.165) is 35.8 Å². The minimum atomic E-state index is 0.142. The molecule has 0 saturated heterocycles. The zero-order valence-corrected chi connectivity index (χ0v) is 42.1. The van der Waals surface area contributed by atoms with E-state index >= 15 is 0 Å². The second-order valence-corrected chi connectivity index (χ2v) is 20.0. The number of rotatable bonds is 14. The fraction of sp³-hybridized carbons (Fsp3) is 0.404. The molecule has 0 radical (unpaired) electrons. The van der Waals surface area contributed by atoms with Crippen LogP contribution in [0.1, 0.15) is 101 Å². The lowest BCUT2D eigenvalue weighted by molar-refractivity contribution is -0.0297. The predicted molar refractivity (Wildman–Crippen MR) is 266 cm³/mol. The van der Waals surface area contributed by atoms with Gasteiger partial charge in [0.2, 0.25) is 0 Å². The van der Waals surface area contributed by atoms with Crippen molar-refractivity contribution in [3.05, 3.63) is 111 Å². The number of ether oxygens (including phenoxy) is 2. The maximum Gasteiger partial charge on any atom is 0.146 e. The van der Waals surface area contributed by atoms with Gasteiger partial charge >= 0.3 is 0 Å². The molecule has 0 saturated carbocycles. The number of halogens is 5. The number of fused-ring (bicyclic) bond motifs is 10. The zero-order valence-electron chi connectivity index (χ0n) is 33.0. The highest BCUT2D eigenvalue weighted by molar-refractivity contribution is 14.1. The van der Waals surface area contributed by atoms with Crippen molar-refractivity contribution < 1.29 is 9.47 Å². The molecule has 0 spiro atoms. The molecule has 0 atom stereocenters. The molecule has 8 rings (SSSR count). The van der Waals surface area contributed by atoms with Crippen molar-refractivity contribution in [2.45, 2.75) is 96.9 Å². The number of hydrogen-bond acceptors (Lipinski definition) is 2. The van der Waals surface area contributed by atoms with Crippen molar-refractivity contribution in [1.29, 1.82) is 0 Å². The molecule has 0 aliphatic heterocycles. The Labute approximate surface area is 386 Å². The van der Waals surface area contributed by atoms with E-state index in [1.165, 1.54) is 118 Å². The fourth-order valence-corrected chi connectivity index (χ4v) is 10.5. The molecule has 0 amide bonds. The molecule has 4 aromatic carbocycles. The number of alkyl halides is 1. The van der Waals surface area contributed by atoms with Crippen molar-refractivity contribution >= 4 is 115 Å². The largest absolute Gasteiger partial charge is 0.359 e. The number of H-pyrrole nitrogens is 1. The number of hydrogen-bond donors (Lipinski definition) is 1. The summed E-state index contributed by atoms with van der Waals surface area (Å²) in [5, 5.41) is 3.84. The first-order chi connectivity index (χ1) is 27.2. The van der Waals surface area contributed by atoms with Crippen molar-refractivity contribution in [3.8, 4) is 22.5 Å². The van der Waals surface area contributed by atoms with Crippen molar-refractivity contribution in [3.63, 3.8) is 0 Å². The van der Waals surface area contributed by atoms with Crippen LogP contribution in [-0.4, -0.2) is 35.4 Å². The lowest BCUT2D eigenvalue weighted by Gasteiger charge is -2.32. The first kappa shape index (κ1) is 44.3. The molecule has 9 heteroatoms. The maximum atomic E-state index is 4.97. The Morgan fingerprint density at radius 3 is 2.11 bits per heavy atom. The van der Waals surface area contributed by atoms with Gasteiger partial charge in [0.05, 0.1) is 18.0 Å². The topological polar surface area (TPSA) is 39.2 Å². The van der Waals surface area contributed by atoms with Crippen LogP contribution in [0.2, 0.25) is 0 Å². The summed E-state index contributed by atoms with van der Waals surface area (Å²) in [5.41, 5.74) is 14.5. The van der Waals surface area contributed by atoms with E-state index in [4.69, 9.17) is 4.74 Å². The molecule has 56 heavy (non-hydrogen) atoms. The van der Waals surface area contributed by atoms with E-state index < -0.39 is 0 Å². The zero-order chi connectivity index (χ0) is 39.8. The third kappa shape index (κ3) is 9.54. The van der Waals surface area contributed by atoms with Gasteiger partial charge in [-0.3, -0.25) is 0 Å². The van der Waals surface area contributed by atoms with E-state index in [1.807, 2.05) is 0 Å². The molecule has 2 aliphatic rings. The molecule has 6 aromatic rings. The van der Waals surface area contributed by atoms with Gasteiger partial charge in [0.25, 0.3) is 0 Å². The van der Waals surface area contributed by atoms with E-state index in [2.05, 4.69) is 201 Å². The van der Waals surface area contributed by atoms with E-state index in [-0.39, 0.29) is 5.41 Å². The Kier molecular flexibility index (Phi) is 16.5. The van der Waals surface area contributed by atoms with Crippen LogP contribution in [0.25, 0.3) is 44.3 Å². The Morgan fingerprint density at radius 1 is 0.768 bits per heavy atom. The second kappa shape index (κ2) is 20.8. The molecule has 0 bridgehead atoms. The Bertz CT molecular complexity index is 2250. The minimum Gasteiger partial charge on any atom is -0.359 e. The van der Waals surface area contributed by atoms with Crippen LogP contribution in [0.5, 0.6) is 0 Å². The van der Waals surface area contributed by atoms with Crippen LogP contribution in [0.4, 0.5) is 0 Å². The van der Waals surface area contributed by atoms with Gasteiger partial charge in [0, 0.05) is 79.8 Å². The van der Waals surface area contributed by atoms with Gasteiger partial charge in [-0.05, 0) is 142 Å². The lowest BCUT2D eigenvalue weighted by atomic mass is 9.70. The number of methoxy groups -OCH3 is 1. The van der Waals surface area contributed by atoms with Crippen LogP contribution < -0.4 is 0 Å². The van der Waals surface area contributed by atoms with Crippen LogP contribution >= 0.6 is 93.0 Å². The van der Waals surface area contributed by atoms with Crippen LogP contribution in [0, 0.1) is 7.14 Å². The molecule has 1 N–H and O–H groups in total. The average molecular weight is 1170 g/mol. The highest BCUT2D eigenvalue weighted by Crippen LogP contribution is 2.58.